The Morgan fingerprint density at radius 3 is 2.39 bits per heavy atom. The summed E-state index contributed by atoms with van der Waals surface area (Å²) in [5, 5.41) is 14.3. The highest BCUT2D eigenvalue weighted by atomic mass is 35.5. The molecule has 17 heteroatoms. The molecule has 3 rings (SSSR count). The Labute approximate surface area is 252 Å². The van der Waals surface area contributed by atoms with Crippen molar-refractivity contribution in [2.45, 2.75) is 30.7 Å². The van der Waals surface area contributed by atoms with Gasteiger partial charge in [-0.3, -0.25) is 20.1 Å². The Balaban J connectivity index is 2.15. The Morgan fingerprint density at radius 1 is 1.18 bits per heavy atom. The Bertz CT molecular complexity index is 1510. The van der Waals surface area contributed by atoms with Crippen LogP contribution in [0.3, 0.4) is 0 Å². The Hall–Kier alpha value is -4.44. The first kappa shape index (κ1) is 34.1. The molecule has 1 saturated carbocycles. The van der Waals surface area contributed by atoms with Gasteiger partial charge in [-0.05, 0) is 48.2 Å². The molecule has 44 heavy (non-hydrogen) atoms. The maximum atomic E-state index is 15.4. The van der Waals surface area contributed by atoms with E-state index in [2.05, 4.69) is 9.98 Å². The molecule has 1 atom stereocenters. The van der Waals surface area contributed by atoms with E-state index in [1.54, 1.807) is 0 Å². The van der Waals surface area contributed by atoms with Gasteiger partial charge >= 0.3 is 6.18 Å². The van der Waals surface area contributed by atoms with Crippen LogP contribution in [0.15, 0.2) is 52.6 Å². The fraction of sp³-hybridized carbons (Fsp3) is 0.296. The van der Waals surface area contributed by atoms with Crippen molar-refractivity contribution >= 4 is 47.4 Å². The van der Waals surface area contributed by atoms with Crippen molar-refractivity contribution < 1.29 is 36.0 Å². The van der Waals surface area contributed by atoms with Crippen LogP contribution < -0.4 is 11.5 Å². The molecule has 1 fully saturated rings. The normalized spacial score (nSPS) is 15.9. The summed E-state index contributed by atoms with van der Waals surface area (Å²) in [6.45, 7) is -2.31. The Morgan fingerprint density at radius 2 is 1.86 bits per heavy atom. The zero-order valence-electron chi connectivity index (χ0n) is 23.0. The predicted molar refractivity (Wildman–Crippen MR) is 153 cm³/mol. The van der Waals surface area contributed by atoms with Gasteiger partial charge in [-0.15, -0.1) is 0 Å². The van der Waals surface area contributed by atoms with Crippen LogP contribution in [0.2, 0.25) is 5.02 Å². The lowest BCUT2D eigenvalue weighted by Crippen LogP contribution is -2.47. The number of guanidine groups is 1. The third-order valence-electron chi connectivity index (χ3n) is 6.68. The molecule has 1 amide bonds. The van der Waals surface area contributed by atoms with Crippen molar-refractivity contribution in [2.75, 3.05) is 20.5 Å². The molecule has 0 heterocycles. The standard InChI is InChI=1S/C27H27ClF6N8O2/c1-39-25(38)42(24(43)18-4-2-15(9-21(18)30)17(10-35)11-41(34)13-29)22(12-44-26(6-7-26)27(31,32)33)16-3-5-20(28)19(8-16)23(37)40-14-36/h2-5,8-11,14,22,35H,6-7,12-13H2,1H3,(H2,38,39)(H3,36,37,40)/b17-11+,35-10?. The second-order valence-corrected chi connectivity index (χ2v) is 9.81. The molecule has 0 aromatic heterocycles. The fourth-order valence-electron chi connectivity index (χ4n) is 4.16. The maximum absolute atomic E-state index is 15.4. The number of amidine groups is 1. The quantitative estimate of drug-likeness (QED) is 0.0828. The third-order valence-corrected chi connectivity index (χ3v) is 7.01. The van der Waals surface area contributed by atoms with Gasteiger partial charge in [0.1, 0.15) is 18.0 Å². The summed E-state index contributed by atoms with van der Waals surface area (Å²) in [4.78, 5) is 22.0. The first-order chi connectivity index (χ1) is 20.7. The van der Waals surface area contributed by atoms with Gasteiger partial charge in [0.15, 0.2) is 18.4 Å². The minimum Gasteiger partial charge on any atom is -0.383 e. The molecular formula is C27H27ClF6N8O2. The van der Waals surface area contributed by atoms with Gasteiger partial charge in [0.25, 0.3) is 5.91 Å². The van der Waals surface area contributed by atoms with Crippen LogP contribution in [0, 0.1) is 16.6 Å². The minimum absolute atomic E-state index is 0.0665. The molecule has 0 bridgehead atoms. The van der Waals surface area contributed by atoms with Gasteiger partial charge in [0.05, 0.1) is 23.2 Å². The summed E-state index contributed by atoms with van der Waals surface area (Å²) in [6, 6.07) is 5.48. The van der Waals surface area contributed by atoms with Crippen LogP contribution in [0.1, 0.15) is 45.9 Å². The lowest BCUT2D eigenvalue weighted by atomic mass is 10.00. The summed E-state index contributed by atoms with van der Waals surface area (Å²) < 4.78 is 88.0. The van der Waals surface area contributed by atoms with Gasteiger partial charge in [-0.25, -0.2) is 13.8 Å². The number of hydrogen-bond donors (Lipinski definition) is 4. The molecule has 6 N–H and O–H groups in total. The lowest BCUT2D eigenvalue weighted by molar-refractivity contribution is -0.238. The molecule has 0 aliphatic heterocycles. The van der Waals surface area contributed by atoms with Crippen molar-refractivity contribution in [1.82, 2.24) is 10.0 Å². The van der Waals surface area contributed by atoms with E-state index in [1.807, 2.05) is 0 Å². The molecule has 0 spiro atoms. The van der Waals surface area contributed by atoms with Gasteiger partial charge in [-0.2, -0.15) is 18.3 Å². The van der Waals surface area contributed by atoms with Crippen LogP contribution in [0.4, 0.5) is 26.4 Å². The lowest BCUT2D eigenvalue weighted by Gasteiger charge is -2.33. The van der Waals surface area contributed by atoms with Crippen molar-refractivity contribution in [3.8, 4) is 0 Å². The fourth-order valence-corrected chi connectivity index (χ4v) is 4.37. The largest absolute Gasteiger partial charge is 0.417 e. The monoisotopic (exact) mass is 644 g/mol. The summed E-state index contributed by atoms with van der Waals surface area (Å²) in [5.41, 5.74) is 8.74. The second-order valence-electron chi connectivity index (χ2n) is 9.40. The predicted octanol–water partition coefficient (Wildman–Crippen LogP) is 5.13. The number of benzene rings is 2. The summed E-state index contributed by atoms with van der Waals surface area (Å²) in [6.07, 6.45) is -3.48. The van der Waals surface area contributed by atoms with Crippen LogP contribution in [0.25, 0.3) is 5.57 Å². The second kappa shape index (κ2) is 13.9. The Kier molecular flexibility index (Phi) is 10.8. The zero-order chi connectivity index (χ0) is 32.8. The summed E-state index contributed by atoms with van der Waals surface area (Å²) in [7, 11) is 1.20. The molecule has 236 valence electrons. The van der Waals surface area contributed by atoms with E-state index in [-0.39, 0.29) is 51.1 Å². The number of nitrogens with one attached hydrogen (secondary N) is 2. The van der Waals surface area contributed by atoms with E-state index in [9.17, 15) is 26.8 Å². The SMILES string of the molecule is CN=C(N)N(C(=O)c1ccc(/C(C=N)=C/N(F)CF)cc1F)C(COC1(C(F)(F)F)CC1)c1ccc(Cl)c(C(N)=NC=N)c1. The van der Waals surface area contributed by atoms with Gasteiger partial charge in [-0.1, -0.05) is 28.2 Å². The van der Waals surface area contributed by atoms with E-state index in [0.29, 0.717) is 18.8 Å². The smallest absolute Gasteiger partial charge is 0.383 e. The first-order valence-corrected chi connectivity index (χ1v) is 13.0. The van der Waals surface area contributed by atoms with E-state index >= 15 is 4.39 Å². The number of alkyl halides is 4. The molecular weight excluding hydrogens is 618 g/mol. The average Bonchev–Trinajstić information content (AvgIpc) is 3.79. The van der Waals surface area contributed by atoms with E-state index in [1.165, 1.54) is 25.2 Å². The van der Waals surface area contributed by atoms with Crippen molar-refractivity contribution in [3.63, 3.8) is 0 Å². The molecule has 10 nitrogen and oxygen atoms in total. The van der Waals surface area contributed by atoms with E-state index < -0.39 is 54.5 Å². The number of allylic oxidation sites excluding steroid dienone is 1. The highest BCUT2D eigenvalue weighted by Gasteiger charge is 2.65. The van der Waals surface area contributed by atoms with Crippen LogP contribution in [-0.2, 0) is 4.74 Å². The van der Waals surface area contributed by atoms with E-state index in [0.717, 1.165) is 23.1 Å². The van der Waals surface area contributed by atoms with Gasteiger partial charge in [0, 0.05) is 30.6 Å². The number of carbonyl (C=O) groups is 1. The summed E-state index contributed by atoms with van der Waals surface area (Å²) in [5.74, 6) is -3.05. The van der Waals surface area contributed by atoms with Crippen molar-refractivity contribution in [1.29, 1.82) is 10.8 Å². The number of halogens is 7. The molecule has 1 unspecified atom stereocenters. The minimum atomic E-state index is -4.72. The number of carbonyl (C=O) groups excluding carboxylic acids is 1. The molecule has 1 aliphatic carbocycles. The topological polar surface area (TPSA) is 157 Å². The van der Waals surface area contributed by atoms with Crippen LogP contribution in [-0.4, -0.2) is 72.5 Å². The third kappa shape index (κ3) is 7.37. The number of amides is 1. The number of aliphatic imine (C=N–C) groups is 2. The highest BCUT2D eigenvalue weighted by Crippen LogP contribution is 2.52. The van der Waals surface area contributed by atoms with Gasteiger partial charge in [0.2, 0.25) is 0 Å². The molecule has 0 radical (unpaired) electrons. The highest BCUT2D eigenvalue weighted by molar-refractivity contribution is 6.34. The number of rotatable bonds is 12. The van der Waals surface area contributed by atoms with Crippen molar-refractivity contribution in [2.24, 2.45) is 21.5 Å². The molecule has 2 aromatic rings. The zero-order valence-corrected chi connectivity index (χ0v) is 23.8. The van der Waals surface area contributed by atoms with Crippen molar-refractivity contribution in [3.05, 3.63) is 75.7 Å². The molecule has 1 aliphatic rings. The molecule has 2 aromatic carbocycles. The number of ether oxygens (including phenoxy) is 1. The summed E-state index contributed by atoms with van der Waals surface area (Å²) >= 11 is 6.23. The number of nitrogens with zero attached hydrogens (tertiary/aromatic N) is 4. The van der Waals surface area contributed by atoms with Crippen LogP contribution >= 0.6 is 11.6 Å². The van der Waals surface area contributed by atoms with E-state index in [4.69, 9.17) is 38.6 Å². The van der Waals surface area contributed by atoms with Crippen LogP contribution in [0.5, 0.6) is 0 Å². The maximum Gasteiger partial charge on any atom is 0.417 e. The molecule has 0 saturated heterocycles. The first-order valence-electron chi connectivity index (χ1n) is 12.6. The average molecular weight is 645 g/mol. The number of hydrogen-bond acceptors (Lipinski definition) is 6. The van der Waals surface area contributed by atoms with Gasteiger partial charge < -0.3 is 21.6 Å². The number of nitrogens with two attached hydrogens (primary N) is 2.